The molecule has 0 N–H and O–H groups in total. The molecule has 0 aromatic heterocycles. The van der Waals surface area contributed by atoms with Gasteiger partial charge in [0.05, 0.1) is 6.54 Å². The Morgan fingerprint density at radius 1 is 1.00 bits per heavy atom. The maximum Gasteiger partial charge on any atom is 0.149 e. The van der Waals surface area contributed by atoms with Gasteiger partial charge in [0.25, 0.3) is 0 Å². The van der Waals surface area contributed by atoms with Gasteiger partial charge >= 0.3 is 0 Å². The van der Waals surface area contributed by atoms with Crippen molar-refractivity contribution in [2.24, 2.45) is 5.92 Å². The van der Waals surface area contributed by atoms with Crippen molar-refractivity contribution in [3.05, 3.63) is 0 Å². The van der Waals surface area contributed by atoms with Crippen molar-refractivity contribution in [3.63, 3.8) is 0 Å². The molecule has 19 heavy (non-hydrogen) atoms. The SMILES string of the molecule is CC1C2CCCN2CCN1CC(=O)C1CCCCC1. The summed E-state index contributed by atoms with van der Waals surface area (Å²) in [5.41, 5.74) is 0. The standard InChI is InChI=1S/C16H28N2O/c1-13-15-8-5-9-17(15)10-11-18(13)12-16(19)14-6-3-2-4-7-14/h13-15H,2-12H2,1H3. The van der Waals surface area contributed by atoms with Gasteiger partial charge in [-0.1, -0.05) is 19.3 Å². The summed E-state index contributed by atoms with van der Waals surface area (Å²) in [5.74, 6) is 0.903. The highest BCUT2D eigenvalue weighted by atomic mass is 16.1. The maximum atomic E-state index is 12.4. The second kappa shape index (κ2) is 5.92. The van der Waals surface area contributed by atoms with Gasteiger partial charge in [0, 0.05) is 31.1 Å². The summed E-state index contributed by atoms with van der Waals surface area (Å²) >= 11 is 0. The molecule has 3 rings (SSSR count). The number of nitrogens with zero attached hydrogens (tertiary/aromatic N) is 2. The Balaban J connectivity index is 1.55. The molecule has 108 valence electrons. The quantitative estimate of drug-likeness (QED) is 0.781. The van der Waals surface area contributed by atoms with E-state index in [0.717, 1.165) is 25.9 Å². The second-order valence-electron chi connectivity index (χ2n) is 6.76. The van der Waals surface area contributed by atoms with Crippen LogP contribution in [0.5, 0.6) is 0 Å². The van der Waals surface area contributed by atoms with E-state index in [1.54, 1.807) is 0 Å². The van der Waals surface area contributed by atoms with Gasteiger partial charge in [0.2, 0.25) is 0 Å². The van der Waals surface area contributed by atoms with Crippen LogP contribution in [0.2, 0.25) is 0 Å². The van der Waals surface area contributed by atoms with E-state index in [-0.39, 0.29) is 0 Å². The van der Waals surface area contributed by atoms with Gasteiger partial charge in [-0.25, -0.2) is 0 Å². The minimum absolute atomic E-state index is 0.377. The number of fused-ring (bicyclic) bond motifs is 1. The number of hydrogen-bond acceptors (Lipinski definition) is 3. The summed E-state index contributed by atoms with van der Waals surface area (Å²) in [5, 5.41) is 0. The highest BCUT2D eigenvalue weighted by Crippen LogP contribution is 2.28. The number of hydrogen-bond donors (Lipinski definition) is 0. The zero-order valence-corrected chi connectivity index (χ0v) is 12.3. The van der Waals surface area contributed by atoms with Crippen LogP contribution in [-0.4, -0.2) is 53.8 Å². The third-order valence-electron chi connectivity index (χ3n) is 5.64. The predicted octanol–water partition coefficient (Wildman–Crippen LogP) is 2.30. The molecule has 0 spiro atoms. The first-order valence-electron chi connectivity index (χ1n) is 8.26. The molecule has 0 aromatic carbocycles. The van der Waals surface area contributed by atoms with Gasteiger partial charge in [-0.05, 0) is 39.2 Å². The summed E-state index contributed by atoms with van der Waals surface area (Å²) in [6.45, 7) is 6.59. The Hall–Kier alpha value is -0.410. The van der Waals surface area contributed by atoms with Crippen LogP contribution in [0.1, 0.15) is 51.9 Å². The van der Waals surface area contributed by atoms with Crippen molar-refractivity contribution in [1.82, 2.24) is 9.80 Å². The van der Waals surface area contributed by atoms with Crippen LogP contribution in [0.15, 0.2) is 0 Å². The van der Waals surface area contributed by atoms with Crippen LogP contribution in [0.25, 0.3) is 0 Å². The zero-order valence-electron chi connectivity index (χ0n) is 12.3. The van der Waals surface area contributed by atoms with E-state index in [4.69, 9.17) is 0 Å². The molecular formula is C16H28N2O. The van der Waals surface area contributed by atoms with E-state index in [1.165, 1.54) is 45.2 Å². The van der Waals surface area contributed by atoms with Gasteiger partial charge in [0.15, 0.2) is 0 Å². The van der Waals surface area contributed by atoms with E-state index < -0.39 is 0 Å². The van der Waals surface area contributed by atoms with E-state index in [0.29, 0.717) is 23.8 Å². The van der Waals surface area contributed by atoms with Crippen LogP contribution >= 0.6 is 0 Å². The largest absolute Gasteiger partial charge is 0.298 e. The first kappa shape index (κ1) is 13.6. The highest BCUT2D eigenvalue weighted by molar-refractivity contribution is 5.83. The molecule has 2 aliphatic heterocycles. The molecule has 2 atom stereocenters. The molecule has 3 aliphatic rings. The molecule has 0 radical (unpaired) electrons. The van der Waals surface area contributed by atoms with Crippen LogP contribution in [0.3, 0.4) is 0 Å². The van der Waals surface area contributed by atoms with Crippen molar-refractivity contribution in [2.75, 3.05) is 26.2 Å². The molecule has 3 heteroatoms. The molecular weight excluding hydrogens is 236 g/mol. The van der Waals surface area contributed by atoms with Crippen molar-refractivity contribution < 1.29 is 4.79 Å². The van der Waals surface area contributed by atoms with Crippen molar-refractivity contribution >= 4 is 5.78 Å². The average molecular weight is 264 g/mol. The lowest BCUT2D eigenvalue weighted by atomic mass is 9.86. The molecule has 1 saturated carbocycles. The highest BCUT2D eigenvalue weighted by Gasteiger charge is 2.37. The van der Waals surface area contributed by atoms with Gasteiger partial charge in [-0.3, -0.25) is 14.6 Å². The normalized spacial score (nSPS) is 34.4. The Morgan fingerprint density at radius 3 is 2.58 bits per heavy atom. The van der Waals surface area contributed by atoms with Crippen LogP contribution in [0, 0.1) is 5.92 Å². The Kier molecular flexibility index (Phi) is 4.23. The molecule has 0 aromatic rings. The van der Waals surface area contributed by atoms with Gasteiger partial charge in [0.1, 0.15) is 5.78 Å². The van der Waals surface area contributed by atoms with Gasteiger partial charge in [-0.15, -0.1) is 0 Å². The lowest BCUT2D eigenvalue weighted by Crippen LogP contribution is -2.57. The van der Waals surface area contributed by atoms with Crippen LogP contribution in [-0.2, 0) is 4.79 Å². The summed E-state index contributed by atoms with van der Waals surface area (Å²) in [6.07, 6.45) is 8.84. The van der Waals surface area contributed by atoms with E-state index in [9.17, 15) is 4.79 Å². The minimum Gasteiger partial charge on any atom is -0.298 e. The number of carbonyl (C=O) groups is 1. The molecule has 2 heterocycles. The number of Topliss-reactive ketones (excluding diaryl/α,β-unsaturated/α-hetero) is 1. The summed E-state index contributed by atoms with van der Waals surface area (Å²) in [4.78, 5) is 17.5. The van der Waals surface area contributed by atoms with Crippen molar-refractivity contribution in [1.29, 1.82) is 0 Å². The van der Waals surface area contributed by atoms with Crippen LogP contribution < -0.4 is 0 Å². The molecule has 1 aliphatic carbocycles. The van der Waals surface area contributed by atoms with Gasteiger partial charge < -0.3 is 0 Å². The first-order chi connectivity index (χ1) is 9.25. The fourth-order valence-electron chi connectivity index (χ4n) is 4.36. The topological polar surface area (TPSA) is 23.6 Å². The van der Waals surface area contributed by atoms with E-state index in [1.807, 2.05) is 0 Å². The maximum absolute atomic E-state index is 12.4. The van der Waals surface area contributed by atoms with E-state index in [2.05, 4.69) is 16.7 Å². The molecule has 0 amide bonds. The second-order valence-corrected chi connectivity index (χ2v) is 6.76. The number of piperazine rings is 1. The van der Waals surface area contributed by atoms with Crippen molar-refractivity contribution in [3.8, 4) is 0 Å². The zero-order chi connectivity index (χ0) is 13.2. The third-order valence-corrected chi connectivity index (χ3v) is 5.64. The fraction of sp³-hybridized carbons (Fsp3) is 0.938. The Morgan fingerprint density at radius 2 is 1.79 bits per heavy atom. The monoisotopic (exact) mass is 264 g/mol. The summed E-state index contributed by atoms with van der Waals surface area (Å²) in [6, 6.07) is 1.29. The molecule has 2 saturated heterocycles. The molecule has 2 unspecified atom stereocenters. The Bertz CT molecular complexity index is 325. The fourth-order valence-corrected chi connectivity index (χ4v) is 4.36. The predicted molar refractivity (Wildman–Crippen MR) is 77.2 cm³/mol. The number of carbonyl (C=O) groups excluding carboxylic acids is 1. The lowest BCUT2D eigenvalue weighted by molar-refractivity contribution is -0.126. The van der Waals surface area contributed by atoms with Crippen molar-refractivity contribution in [2.45, 2.75) is 64.0 Å². The number of rotatable bonds is 3. The first-order valence-corrected chi connectivity index (χ1v) is 8.26. The minimum atomic E-state index is 0.377. The lowest BCUT2D eigenvalue weighted by Gasteiger charge is -2.43. The molecule has 3 fully saturated rings. The van der Waals surface area contributed by atoms with E-state index >= 15 is 0 Å². The summed E-state index contributed by atoms with van der Waals surface area (Å²) in [7, 11) is 0. The smallest absolute Gasteiger partial charge is 0.149 e. The average Bonchev–Trinajstić information content (AvgIpc) is 2.92. The third kappa shape index (κ3) is 2.87. The summed E-state index contributed by atoms with van der Waals surface area (Å²) < 4.78 is 0. The molecule has 0 bridgehead atoms. The Labute approximate surface area is 117 Å². The molecule has 3 nitrogen and oxygen atoms in total. The van der Waals surface area contributed by atoms with Crippen LogP contribution in [0.4, 0.5) is 0 Å². The number of ketones is 1. The van der Waals surface area contributed by atoms with Gasteiger partial charge in [-0.2, -0.15) is 0 Å².